The minimum Gasteiger partial charge on any atom is -0.456 e. The van der Waals surface area contributed by atoms with Gasteiger partial charge in [0.15, 0.2) is 34.9 Å². The number of furan rings is 4. The molecular weight excluding hydrogens is 1370 g/mol. The van der Waals surface area contributed by atoms with Crippen LogP contribution in [-0.4, -0.2) is 29.9 Å². The third-order valence-electron chi connectivity index (χ3n) is 21.6. The molecule has 0 aliphatic heterocycles. The van der Waals surface area contributed by atoms with Gasteiger partial charge in [0.2, 0.25) is 0 Å². The second kappa shape index (κ2) is 26.3. The highest BCUT2D eigenvalue weighted by Gasteiger charge is 2.26. The average molecular weight is 1430 g/mol. The molecule has 6 heterocycles. The summed E-state index contributed by atoms with van der Waals surface area (Å²) in [5.41, 5.74) is 25.5. The maximum absolute atomic E-state index is 7.23. The number of rotatable bonds is 13. The van der Waals surface area contributed by atoms with Crippen molar-refractivity contribution >= 4 is 87.8 Å². The van der Waals surface area contributed by atoms with E-state index >= 15 is 0 Å². The number of hydrogen-bond acceptors (Lipinski definition) is 10. The van der Waals surface area contributed by atoms with Gasteiger partial charge < -0.3 is 17.7 Å². The minimum atomic E-state index is 0.505. The Labute approximate surface area is 641 Å². The summed E-state index contributed by atoms with van der Waals surface area (Å²) in [5, 5.41) is 7.97. The molecule has 0 aliphatic rings. The lowest BCUT2D eigenvalue weighted by Crippen LogP contribution is -2.00. The van der Waals surface area contributed by atoms with Gasteiger partial charge in [-0.2, -0.15) is 0 Å². The number of aromatic nitrogens is 6. The van der Waals surface area contributed by atoms with Gasteiger partial charge in [-0.15, -0.1) is 0 Å². The molecule has 0 fully saturated rings. The van der Waals surface area contributed by atoms with E-state index in [-0.39, 0.29) is 0 Å². The zero-order valence-electron chi connectivity index (χ0n) is 60.0. The topological polar surface area (TPSA) is 130 Å². The van der Waals surface area contributed by atoms with Gasteiger partial charge in [0.05, 0.1) is 0 Å². The first kappa shape index (κ1) is 64.0. The molecule has 0 saturated heterocycles. The van der Waals surface area contributed by atoms with Crippen LogP contribution in [0.5, 0.6) is 0 Å². The summed E-state index contributed by atoms with van der Waals surface area (Å²) in [6.07, 6.45) is 0. The van der Waals surface area contributed by atoms with E-state index in [0.717, 1.165) is 188 Å². The first-order chi connectivity index (χ1) is 55.4. The first-order valence-electron chi connectivity index (χ1n) is 37.4. The molecule has 0 bridgehead atoms. The molecule has 10 nitrogen and oxygen atoms in total. The minimum absolute atomic E-state index is 0.505. The molecule has 22 aromatic rings. The molecule has 0 unspecified atom stereocenters. The monoisotopic (exact) mass is 1430 g/mol. The highest BCUT2D eigenvalue weighted by Crippen LogP contribution is 2.49. The molecule has 16 aromatic carbocycles. The van der Waals surface area contributed by atoms with Gasteiger partial charge in [0, 0.05) is 93.2 Å². The third kappa shape index (κ3) is 11.1. The summed E-state index contributed by atoms with van der Waals surface area (Å²) >= 11 is 0. The second-order valence-electron chi connectivity index (χ2n) is 28.3. The molecule has 0 spiro atoms. The summed E-state index contributed by atoms with van der Waals surface area (Å²) < 4.78 is 28.1. The number of nitrogens with zero attached hydrogens (tertiary/aromatic N) is 6. The first-order valence-corrected chi connectivity index (χ1v) is 37.4. The number of hydrogen-bond donors (Lipinski definition) is 0. The quantitative estimate of drug-likeness (QED) is 0.110. The normalized spacial score (nSPS) is 11.8. The average Bonchev–Trinajstić information content (AvgIpc) is 1.57. The van der Waals surface area contributed by atoms with Crippen LogP contribution in [0.2, 0.25) is 0 Å². The Morgan fingerprint density at radius 2 is 0.473 bits per heavy atom. The van der Waals surface area contributed by atoms with Crippen LogP contribution in [0.4, 0.5) is 0 Å². The summed E-state index contributed by atoms with van der Waals surface area (Å²) in [6, 6.07) is 126. The molecule has 6 aromatic heterocycles. The van der Waals surface area contributed by atoms with Crippen molar-refractivity contribution in [3.05, 3.63) is 364 Å². The van der Waals surface area contributed by atoms with Crippen LogP contribution in [0.15, 0.2) is 382 Å². The Kier molecular flexibility index (Phi) is 15.0. The van der Waals surface area contributed by atoms with E-state index in [4.69, 9.17) is 47.6 Å². The van der Waals surface area contributed by atoms with E-state index in [2.05, 4.69) is 297 Å². The van der Waals surface area contributed by atoms with Crippen LogP contribution in [0.1, 0.15) is 0 Å². The summed E-state index contributed by atoms with van der Waals surface area (Å²) in [6.45, 7) is 0. The van der Waals surface area contributed by atoms with Gasteiger partial charge in [0.1, 0.15) is 44.7 Å². The van der Waals surface area contributed by atoms with Crippen molar-refractivity contribution in [1.82, 2.24) is 29.9 Å². The van der Waals surface area contributed by atoms with Gasteiger partial charge in [-0.05, 0) is 140 Å². The lowest BCUT2D eigenvalue weighted by molar-refractivity contribution is 0.668. The van der Waals surface area contributed by atoms with Crippen molar-refractivity contribution in [3.8, 4) is 146 Å². The predicted octanol–water partition coefficient (Wildman–Crippen LogP) is 27.3. The molecule has 10 heteroatoms. The van der Waals surface area contributed by atoms with E-state index in [9.17, 15) is 0 Å². The van der Waals surface area contributed by atoms with Crippen LogP contribution in [0, 0.1) is 0 Å². The molecule has 0 radical (unpaired) electrons. The van der Waals surface area contributed by atoms with Crippen molar-refractivity contribution in [1.29, 1.82) is 0 Å². The summed E-state index contributed by atoms with van der Waals surface area (Å²) in [7, 11) is 0. The van der Waals surface area contributed by atoms with Crippen LogP contribution < -0.4 is 0 Å². The van der Waals surface area contributed by atoms with Crippen molar-refractivity contribution < 1.29 is 17.7 Å². The Balaban J connectivity index is 0.648. The predicted molar refractivity (Wildman–Crippen MR) is 453 cm³/mol. The largest absolute Gasteiger partial charge is 0.456 e. The zero-order chi connectivity index (χ0) is 73.7. The van der Waals surface area contributed by atoms with Crippen LogP contribution in [0.3, 0.4) is 0 Å². The highest BCUT2D eigenvalue weighted by molar-refractivity contribution is 6.21. The van der Waals surface area contributed by atoms with Crippen LogP contribution >= 0.6 is 0 Å². The zero-order valence-corrected chi connectivity index (χ0v) is 60.0. The molecule has 0 atom stereocenters. The van der Waals surface area contributed by atoms with Crippen LogP contribution in [-0.2, 0) is 0 Å². The highest BCUT2D eigenvalue weighted by atomic mass is 16.3. The van der Waals surface area contributed by atoms with Crippen molar-refractivity contribution in [2.45, 2.75) is 0 Å². The van der Waals surface area contributed by atoms with Gasteiger partial charge in [-0.25, -0.2) is 29.9 Å². The Morgan fingerprint density at radius 1 is 0.143 bits per heavy atom. The maximum Gasteiger partial charge on any atom is 0.164 e. The lowest BCUT2D eigenvalue weighted by atomic mass is 9.93. The smallest absolute Gasteiger partial charge is 0.164 e. The molecule has 22 rings (SSSR count). The lowest BCUT2D eigenvalue weighted by Gasteiger charge is -2.11. The van der Waals surface area contributed by atoms with Gasteiger partial charge in [-0.3, -0.25) is 0 Å². The molecule has 522 valence electrons. The Morgan fingerprint density at radius 3 is 1.00 bits per heavy atom. The maximum atomic E-state index is 7.23. The van der Waals surface area contributed by atoms with E-state index in [1.54, 1.807) is 0 Å². The molecule has 0 amide bonds. The number of para-hydroxylation sites is 3. The fraction of sp³-hybridized carbons (Fsp3) is 0. The fourth-order valence-corrected chi connectivity index (χ4v) is 16.2. The van der Waals surface area contributed by atoms with Crippen molar-refractivity contribution in [2.24, 2.45) is 0 Å². The van der Waals surface area contributed by atoms with Gasteiger partial charge in [0.25, 0.3) is 0 Å². The third-order valence-corrected chi connectivity index (χ3v) is 21.6. The van der Waals surface area contributed by atoms with E-state index in [0.29, 0.717) is 46.1 Å². The molecule has 112 heavy (non-hydrogen) atoms. The number of benzene rings is 16. The van der Waals surface area contributed by atoms with E-state index in [1.165, 1.54) is 0 Å². The molecule has 0 saturated carbocycles. The fourth-order valence-electron chi connectivity index (χ4n) is 16.2. The van der Waals surface area contributed by atoms with Gasteiger partial charge in [-0.1, -0.05) is 285 Å². The van der Waals surface area contributed by atoms with Gasteiger partial charge >= 0.3 is 0 Å². The molecular formula is C102H60N6O4. The van der Waals surface area contributed by atoms with Crippen molar-refractivity contribution in [2.75, 3.05) is 0 Å². The molecule has 0 aliphatic carbocycles. The SMILES string of the molecule is c1ccc(-c2cccc(-c3nc(-c4cccc(-c5ccc6c(c5)oc5c(-c7ccccc7)ccc(-c7cccc8c7oc7cc(-c9nc(-c%10ccccc%10)nc(-c%10cccc(-c%11ccccc%11)c%10)n9)ccc78)c56)c4)nc(-c4ccc5c(c4)oc4c(-c6cc(-c7ccccc7)cc7oc8ccccc8c67)cccc45)n3)c2)cc1. The second-order valence-corrected chi connectivity index (χ2v) is 28.3. The molecule has 0 N–H and O–H groups in total. The number of fused-ring (bicyclic) bond motifs is 12. The Bertz CT molecular complexity index is 7500. The van der Waals surface area contributed by atoms with Crippen molar-refractivity contribution in [3.63, 3.8) is 0 Å². The van der Waals surface area contributed by atoms with E-state index in [1.807, 2.05) is 66.7 Å². The summed E-state index contributed by atoms with van der Waals surface area (Å²) in [4.78, 5) is 31.4. The van der Waals surface area contributed by atoms with E-state index < -0.39 is 0 Å². The summed E-state index contributed by atoms with van der Waals surface area (Å²) in [5.74, 6) is 3.26. The Hall–Kier alpha value is -15.3. The van der Waals surface area contributed by atoms with Crippen LogP contribution in [0.25, 0.3) is 234 Å². The standard InChI is InChI=1S/C102H60N6O4/c1-6-23-61(24-7-1)66-33-18-36-70(53-66)98-103-97(65-31-14-5-15-32-65)104-101(106-98)73-46-48-77-80-40-21-42-82(94(80)110-88(77)58-73)79-52-51-76(64-29-12-4-13-30-64)96-93(79)85-50-45-69(57-90(85)112-96)68-35-20-38-72(55-68)100-105-99(71-37-19-34-67(54-71)62-25-8-2-9-26-62)107-102(108-100)74-47-49-78-81-41-22-43-83(95(81)111-89(78)59-74)86-56-75(63-27-10-3-11-28-63)60-91-92(86)84-39-16-17-44-87(84)109-91/h1-60H.